The van der Waals surface area contributed by atoms with Crippen LogP contribution in [0.3, 0.4) is 0 Å². The molecule has 0 aliphatic heterocycles. The number of hydrogen-bond acceptors (Lipinski definition) is 5. The van der Waals surface area contributed by atoms with E-state index in [-0.39, 0.29) is 6.54 Å². The summed E-state index contributed by atoms with van der Waals surface area (Å²) < 4.78 is 10.5. The molecule has 1 heterocycles. The number of rotatable bonds is 3. The minimum absolute atomic E-state index is 0.203. The van der Waals surface area contributed by atoms with Gasteiger partial charge in [0.05, 0.1) is 6.54 Å². The second kappa shape index (κ2) is 4.35. The average Bonchev–Trinajstić information content (AvgIpc) is 2.93. The van der Waals surface area contributed by atoms with Gasteiger partial charge in [0.15, 0.2) is 0 Å². The molecule has 2 rings (SSSR count). The van der Waals surface area contributed by atoms with Gasteiger partial charge in [0.1, 0.15) is 5.60 Å². The van der Waals surface area contributed by atoms with Crippen molar-refractivity contribution in [2.24, 2.45) is 0 Å². The van der Waals surface area contributed by atoms with E-state index >= 15 is 0 Å². The number of alkyl carbamates (subject to hydrolysis) is 1. The van der Waals surface area contributed by atoms with Crippen molar-refractivity contribution in [3.8, 4) is 0 Å². The van der Waals surface area contributed by atoms with Gasteiger partial charge in [0, 0.05) is 5.92 Å². The van der Waals surface area contributed by atoms with Crippen molar-refractivity contribution in [1.82, 2.24) is 15.5 Å². The summed E-state index contributed by atoms with van der Waals surface area (Å²) in [6.07, 6.45) is 1.74. The Balaban J connectivity index is 1.78. The van der Waals surface area contributed by atoms with Crippen LogP contribution in [0.1, 0.15) is 51.3 Å². The molecule has 6 heteroatoms. The van der Waals surface area contributed by atoms with E-state index in [1.165, 1.54) is 0 Å². The van der Waals surface area contributed by atoms with Crippen LogP contribution in [-0.4, -0.2) is 21.9 Å². The van der Waals surface area contributed by atoms with Crippen LogP contribution in [-0.2, 0) is 11.3 Å². The molecule has 0 radical (unpaired) electrons. The molecule has 0 saturated heterocycles. The van der Waals surface area contributed by atoms with Gasteiger partial charge in [-0.05, 0) is 33.6 Å². The molecule has 1 aliphatic carbocycles. The third kappa shape index (κ3) is 3.72. The number of amides is 1. The summed E-state index contributed by atoms with van der Waals surface area (Å²) in [5, 5.41) is 10.4. The monoisotopic (exact) mass is 239 g/mol. The predicted molar refractivity (Wildman–Crippen MR) is 59.3 cm³/mol. The molecule has 1 N–H and O–H groups in total. The Morgan fingerprint density at radius 1 is 1.47 bits per heavy atom. The first kappa shape index (κ1) is 11.9. The second-order valence-electron chi connectivity index (χ2n) is 5.16. The molecule has 17 heavy (non-hydrogen) atoms. The molecule has 0 unspecified atom stereocenters. The van der Waals surface area contributed by atoms with Crippen molar-refractivity contribution in [1.29, 1.82) is 0 Å². The summed E-state index contributed by atoms with van der Waals surface area (Å²) in [5.41, 5.74) is -0.502. The largest absolute Gasteiger partial charge is 0.444 e. The standard InChI is InChI=1S/C11H17N3O3/c1-11(2,3)17-10(15)12-6-8-13-14-9(16-8)7-4-5-7/h7H,4-6H2,1-3H3,(H,12,15). The summed E-state index contributed by atoms with van der Waals surface area (Å²) >= 11 is 0. The molecule has 94 valence electrons. The van der Waals surface area contributed by atoms with Crippen LogP contribution in [0.25, 0.3) is 0 Å². The first-order valence-electron chi connectivity index (χ1n) is 5.73. The molecule has 0 spiro atoms. The Labute approximate surface area is 99.7 Å². The summed E-state index contributed by atoms with van der Waals surface area (Å²) in [6, 6.07) is 0. The fourth-order valence-electron chi connectivity index (χ4n) is 1.30. The summed E-state index contributed by atoms with van der Waals surface area (Å²) in [5.74, 6) is 1.52. The molecule has 0 bridgehead atoms. The lowest BCUT2D eigenvalue weighted by Gasteiger charge is -2.19. The van der Waals surface area contributed by atoms with Gasteiger partial charge in [-0.25, -0.2) is 4.79 Å². The summed E-state index contributed by atoms with van der Waals surface area (Å²) in [4.78, 5) is 11.4. The number of ether oxygens (including phenoxy) is 1. The van der Waals surface area contributed by atoms with Gasteiger partial charge in [-0.1, -0.05) is 0 Å². The Hall–Kier alpha value is -1.59. The Bertz CT molecular complexity index is 404. The number of aromatic nitrogens is 2. The van der Waals surface area contributed by atoms with Crippen LogP contribution < -0.4 is 5.32 Å². The normalized spacial score (nSPS) is 15.7. The van der Waals surface area contributed by atoms with Crippen molar-refractivity contribution >= 4 is 6.09 Å². The lowest BCUT2D eigenvalue weighted by Crippen LogP contribution is -2.32. The van der Waals surface area contributed by atoms with E-state index in [0.717, 1.165) is 12.8 Å². The molecule has 1 aliphatic rings. The molecule has 1 aromatic heterocycles. The first-order valence-corrected chi connectivity index (χ1v) is 5.73. The van der Waals surface area contributed by atoms with E-state index in [9.17, 15) is 4.79 Å². The zero-order valence-corrected chi connectivity index (χ0v) is 10.3. The topological polar surface area (TPSA) is 77.2 Å². The number of carbonyl (C=O) groups excluding carboxylic acids is 1. The van der Waals surface area contributed by atoms with Crippen molar-refractivity contribution in [2.45, 2.75) is 51.7 Å². The molecule has 0 atom stereocenters. The van der Waals surface area contributed by atoms with Crippen LogP contribution in [0.5, 0.6) is 0 Å². The fraction of sp³-hybridized carbons (Fsp3) is 0.727. The molecule has 6 nitrogen and oxygen atoms in total. The number of hydrogen-bond donors (Lipinski definition) is 1. The van der Waals surface area contributed by atoms with Crippen LogP contribution in [0, 0.1) is 0 Å². The second-order valence-corrected chi connectivity index (χ2v) is 5.16. The van der Waals surface area contributed by atoms with Gasteiger partial charge in [0.2, 0.25) is 11.8 Å². The lowest BCUT2D eigenvalue weighted by molar-refractivity contribution is 0.0518. The van der Waals surface area contributed by atoms with E-state index in [1.807, 2.05) is 20.8 Å². The third-order valence-electron chi connectivity index (χ3n) is 2.19. The first-order chi connectivity index (χ1) is 7.94. The van der Waals surface area contributed by atoms with Gasteiger partial charge in [-0.2, -0.15) is 0 Å². The molecular formula is C11H17N3O3. The van der Waals surface area contributed by atoms with E-state index < -0.39 is 11.7 Å². The van der Waals surface area contributed by atoms with Crippen LogP contribution in [0.15, 0.2) is 4.42 Å². The lowest BCUT2D eigenvalue weighted by atomic mass is 10.2. The van der Waals surface area contributed by atoms with E-state index in [0.29, 0.717) is 17.7 Å². The van der Waals surface area contributed by atoms with Crippen molar-refractivity contribution in [2.75, 3.05) is 0 Å². The van der Waals surface area contributed by atoms with Crippen LogP contribution in [0.4, 0.5) is 4.79 Å². The minimum atomic E-state index is -0.502. The zero-order valence-electron chi connectivity index (χ0n) is 10.3. The van der Waals surface area contributed by atoms with Crippen molar-refractivity contribution in [3.63, 3.8) is 0 Å². The highest BCUT2D eigenvalue weighted by Crippen LogP contribution is 2.38. The van der Waals surface area contributed by atoms with E-state index in [2.05, 4.69) is 15.5 Å². The third-order valence-corrected chi connectivity index (χ3v) is 2.19. The molecule has 1 fully saturated rings. The van der Waals surface area contributed by atoms with Gasteiger partial charge in [0.25, 0.3) is 0 Å². The number of nitrogens with one attached hydrogen (secondary N) is 1. The maximum Gasteiger partial charge on any atom is 0.408 e. The summed E-state index contributed by atoms with van der Waals surface area (Å²) in [6.45, 7) is 5.63. The zero-order chi connectivity index (χ0) is 12.5. The average molecular weight is 239 g/mol. The molecule has 1 amide bonds. The Kier molecular flexibility index (Phi) is 3.04. The fourth-order valence-corrected chi connectivity index (χ4v) is 1.30. The smallest absolute Gasteiger partial charge is 0.408 e. The SMILES string of the molecule is CC(C)(C)OC(=O)NCc1nnc(C2CC2)o1. The van der Waals surface area contributed by atoms with Gasteiger partial charge < -0.3 is 14.5 Å². The highest BCUT2D eigenvalue weighted by Gasteiger charge is 2.29. The minimum Gasteiger partial charge on any atom is -0.444 e. The highest BCUT2D eigenvalue weighted by molar-refractivity contribution is 5.67. The number of carbonyl (C=O) groups is 1. The Morgan fingerprint density at radius 2 is 2.18 bits per heavy atom. The Morgan fingerprint density at radius 3 is 2.76 bits per heavy atom. The quantitative estimate of drug-likeness (QED) is 0.872. The molecule has 1 saturated carbocycles. The molecular weight excluding hydrogens is 222 g/mol. The maximum atomic E-state index is 11.4. The number of nitrogens with zero attached hydrogens (tertiary/aromatic N) is 2. The maximum absolute atomic E-state index is 11.4. The predicted octanol–water partition coefficient (Wildman–Crippen LogP) is 1.97. The van der Waals surface area contributed by atoms with Crippen LogP contribution in [0.2, 0.25) is 0 Å². The molecule has 1 aromatic rings. The van der Waals surface area contributed by atoms with Crippen molar-refractivity contribution in [3.05, 3.63) is 11.8 Å². The van der Waals surface area contributed by atoms with Gasteiger partial charge in [-0.15, -0.1) is 10.2 Å². The van der Waals surface area contributed by atoms with E-state index in [1.54, 1.807) is 0 Å². The highest BCUT2D eigenvalue weighted by atomic mass is 16.6. The van der Waals surface area contributed by atoms with E-state index in [4.69, 9.17) is 9.15 Å². The van der Waals surface area contributed by atoms with Gasteiger partial charge in [-0.3, -0.25) is 0 Å². The molecule has 0 aromatic carbocycles. The van der Waals surface area contributed by atoms with Gasteiger partial charge >= 0.3 is 6.09 Å². The van der Waals surface area contributed by atoms with Crippen molar-refractivity contribution < 1.29 is 13.9 Å². The summed E-state index contributed by atoms with van der Waals surface area (Å²) in [7, 11) is 0. The van der Waals surface area contributed by atoms with Crippen LogP contribution >= 0.6 is 0 Å².